The summed E-state index contributed by atoms with van der Waals surface area (Å²) in [6.45, 7) is 5.40. The lowest BCUT2D eigenvalue weighted by molar-refractivity contribution is -0.149. The highest BCUT2D eigenvalue weighted by molar-refractivity contribution is 7.09. The molecule has 1 aromatic heterocycles. The quantitative estimate of drug-likeness (QED) is 0.740. The van der Waals surface area contributed by atoms with E-state index in [1.54, 1.807) is 20.8 Å². The molecule has 0 atom stereocenters. The molecule has 2 amide bonds. The number of carboxylic acid groups (broad SMARTS) is 1. The fourth-order valence-corrected chi connectivity index (χ4v) is 2.19. The molecule has 0 saturated heterocycles. The first-order valence-electron chi connectivity index (χ1n) is 6.02. The molecule has 19 heavy (non-hydrogen) atoms. The number of hydrogen-bond acceptors (Lipinski definition) is 5. The highest BCUT2D eigenvalue weighted by Crippen LogP contribution is 2.25. The van der Waals surface area contributed by atoms with E-state index in [2.05, 4.69) is 20.0 Å². The second-order valence-corrected chi connectivity index (χ2v) is 5.00. The Kier molecular flexibility index (Phi) is 5.22. The zero-order chi connectivity index (χ0) is 14.5. The molecule has 3 N–H and O–H groups in total. The molecule has 0 aliphatic rings. The topological polar surface area (TPSA) is 104 Å². The van der Waals surface area contributed by atoms with E-state index in [0.717, 1.165) is 11.5 Å². The molecule has 0 spiro atoms. The number of nitrogens with zero attached hydrogens (tertiary/aromatic N) is 2. The predicted octanol–water partition coefficient (Wildman–Crippen LogP) is 1.86. The molecule has 0 aromatic carbocycles. The maximum absolute atomic E-state index is 11.6. The second-order valence-electron chi connectivity index (χ2n) is 4.25. The van der Waals surface area contributed by atoms with Crippen molar-refractivity contribution in [2.75, 3.05) is 11.9 Å². The van der Waals surface area contributed by atoms with Crippen LogP contribution in [0.3, 0.4) is 0 Å². The van der Waals surface area contributed by atoms with Crippen molar-refractivity contribution >= 4 is 28.7 Å². The number of nitrogens with one attached hydrogen (secondary N) is 2. The van der Waals surface area contributed by atoms with Gasteiger partial charge in [0.05, 0.1) is 5.41 Å². The van der Waals surface area contributed by atoms with Gasteiger partial charge < -0.3 is 10.4 Å². The van der Waals surface area contributed by atoms with Crippen LogP contribution < -0.4 is 10.6 Å². The number of hydrogen-bond donors (Lipinski definition) is 3. The maximum Gasteiger partial charge on any atom is 0.321 e. The van der Waals surface area contributed by atoms with Gasteiger partial charge in [-0.1, -0.05) is 13.8 Å². The van der Waals surface area contributed by atoms with Crippen LogP contribution in [-0.2, 0) is 4.79 Å². The molecule has 1 heterocycles. The van der Waals surface area contributed by atoms with Gasteiger partial charge in [0.15, 0.2) is 0 Å². The van der Waals surface area contributed by atoms with Gasteiger partial charge in [0.2, 0.25) is 5.13 Å². The lowest BCUT2D eigenvalue weighted by Gasteiger charge is -2.26. The van der Waals surface area contributed by atoms with Crippen molar-refractivity contribution < 1.29 is 14.7 Å². The first-order valence-corrected chi connectivity index (χ1v) is 6.79. The second kappa shape index (κ2) is 6.46. The van der Waals surface area contributed by atoms with E-state index in [0.29, 0.717) is 23.8 Å². The Morgan fingerprint density at radius 2 is 2.00 bits per heavy atom. The number of aromatic nitrogens is 2. The van der Waals surface area contributed by atoms with E-state index in [1.165, 1.54) is 0 Å². The van der Waals surface area contributed by atoms with Crippen LogP contribution in [0.4, 0.5) is 9.93 Å². The number of anilines is 1. The molecule has 0 radical (unpaired) electrons. The van der Waals surface area contributed by atoms with E-state index in [9.17, 15) is 14.7 Å². The number of rotatable bonds is 6. The minimum absolute atomic E-state index is 0.0823. The van der Waals surface area contributed by atoms with Gasteiger partial charge in [-0.25, -0.2) is 9.78 Å². The normalized spacial score (nSPS) is 11.1. The number of carbonyl (C=O) groups is 2. The molecule has 0 aliphatic carbocycles. The van der Waals surface area contributed by atoms with Crippen LogP contribution in [0.5, 0.6) is 0 Å². The van der Waals surface area contributed by atoms with Gasteiger partial charge in [-0.3, -0.25) is 10.1 Å². The minimum atomic E-state index is -0.922. The molecular weight excluding hydrogens is 268 g/mol. The van der Waals surface area contributed by atoms with Crippen molar-refractivity contribution in [1.29, 1.82) is 0 Å². The van der Waals surface area contributed by atoms with Crippen LogP contribution in [0.1, 0.15) is 32.5 Å². The van der Waals surface area contributed by atoms with Gasteiger partial charge in [-0.05, 0) is 19.8 Å². The zero-order valence-electron chi connectivity index (χ0n) is 11.2. The monoisotopic (exact) mass is 286 g/mol. The SMILES string of the molecule is CCC(CC)(CNC(=O)Nc1nc(C)ns1)C(=O)O. The van der Waals surface area contributed by atoms with Crippen LogP contribution in [0.25, 0.3) is 0 Å². The molecule has 0 fully saturated rings. The molecule has 8 heteroatoms. The third-order valence-electron chi connectivity index (χ3n) is 3.14. The Labute approximate surface area is 115 Å². The minimum Gasteiger partial charge on any atom is -0.481 e. The number of aliphatic carboxylic acids is 1. The fourth-order valence-electron chi connectivity index (χ4n) is 1.62. The van der Waals surface area contributed by atoms with E-state index in [4.69, 9.17) is 0 Å². The summed E-state index contributed by atoms with van der Waals surface area (Å²) in [7, 11) is 0. The smallest absolute Gasteiger partial charge is 0.321 e. The Morgan fingerprint density at radius 1 is 1.37 bits per heavy atom. The van der Waals surface area contributed by atoms with Gasteiger partial charge in [0, 0.05) is 18.1 Å². The van der Waals surface area contributed by atoms with E-state index in [1.807, 2.05) is 0 Å². The van der Waals surface area contributed by atoms with E-state index >= 15 is 0 Å². The third-order valence-corrected chi connectivity index (χ3v) is 3.86. The van der Waals surface area contributed by atoms with Crippen molar-refractivity contribution in [1.82, 2.24) is 14.7 Å². The first kappa shape index (κ1) is 15.4. The zero-order valence-corrected chi connectivity index (χ0v) is 12.0. The van der Waals surface area contributed by atoms with Crippen LogP contribution in [0.2, 0.25) is 0 Å². The summed E-state index contributed by atoms with van der Waals surface area (Å²) in [5.41, 5.74) is -0.922. The van der Waals surface area contributed by atoms with Gasteiger partial charge >= 0.3 is 12.0 Å². The van der Waals surface area contributed by atoms with Crippen molar-refractivity contribution in [3.63, 3.8) is 0 Å². The summed E-state index contributed by atoms with van der Waals surface area (Å²) in [6.07, 6.45) is 0.911. The number of carboxylic acids is 1. The van der Waals surface area contributed by atoms with Crippen molar-refractivity contribution in [2.24, 2.45) is 5.41 Å². The molecule has 1 rings (SSSR count). The van der Waals surface area contributed by atoms with E-state index in [-0.39, 0.29) is 6.54 Å². The van der Waals surface area contributed by atoms with Crippen molar-refractivity contribution in [3.8, 4) is 0 Å². The molecule has 0 aliphatic heterocycles. The fraction of sp³-hybridized carbons (Fsp3) is 0.636. The summed E-state index contributed by atoms with van der Waals surface area (Å²) >= 11 is 1.08. The van der Waals surface area contributed by atoms with Gasteiger partial charge in [0.1, 0.15) is 5.82 Å². The predicted molar refractivity (Wildman–Crippen MR) is 72.3 cm³/mol. The van der Waals surface area contributed by atoms with Gasteiger partial charge in [-0.2, -0.15) is 4.37 Å². The first-order chi connectivity index (χ1) is 8.93. The largest absolute Gasteiger partial charge is 0.481 e. The van der Waals surface area contributed by atoms with Crippen LogP contribution >= 0.6 is 11.5 Å². The maximum atomic E-state index is 11.6. The lowest BCUT2D eigenvalue weighted by atomic mass is 9.82. The molecule has 1 aromatic rings. The average molecular weight is 286 g/mol. The van der Waals surface area contributed by atoms with Crippen LogP contribution in [-0.4, -0.2) is 33.0 Å². The Morgan fingerprint density at radius 3 is 2.42 bits per heavy atom. The molecule has 0 unspecified atom stereocenters. The lowest BCUT2D eigenvalue weighted by Crippen LogP contribution is -2.43. The number of aryl methyl sites for hydroxylation is 1. The molecule has 106 valence electrons. The highest BCUT2D eigenvalue weighted by Gasteiger charge is 2.35. The molecule has 0 bridgehead atoms. The number of carbonyl (C=O) groups excluding carboxylic acids is 1. The summed E-state index contributed by atoms with van der Waals surface area (Å²) in [5.74, 6) is -0.313. The Balaban J connectivity index is 2.55. The Bertz CT molecular complexity index is 457. The molecular formula is C11H18N4O3S. The van der Waals surface area contributed by atoms with Crippen molar-refractivity contribution in [3.05, 3.63) is 5.82 Å². The van der Waals surface area contributed by atoms with Crippen molar-refractivity contribution in [2.45, 2.75) is 33.6 Å². The summed E-state index contributed by atoms with van der Waals surface area (Å²) in [5, 5.41) is 14.7. The number of amides is 2. The standard InChI is InChI=1S/C11H18N4O3S/c1-4-11(5-2,8(16)17)6-12-9(18)14-10-13-7(3)15-19-10/h4-6H2,1-3H3,(H,16,17)(H2,12,13,14,15,18). The summed E-state index contributed by atoms with van der Waals surface area (Å²) < 4.78 is 3.93. The van der Waals surface area contributed by atoms with Crippen LogP contribution in [0, 0.1) is 12.3 Å². The number of urea groups is 1. The summed E-state index contributed by atoms with van der Waals surface area (Å²) in [4.78, 5) is 26.9. The molecule has 0 saturated carbocycles. The summed E-state index contributed by atoms with van der Waals surface area (Å²) in [6, 6.07) is -0.469. The van der Waals surface area contributed by atoms with Crippen LogP contribution in [0.15, 0.2) is 0 Å². The Hall–Kier alpha value is -1.70. The third kappa shape index (κ3) is 3.88. The average Bonchev–Trinajstić information content (AvgIpc) is 2.76. The van der Waals surface area contributed by atoms with Gasteiger partial charge in [0.25, 0.3) is 0 Å². The molecule has 7 nitrogen and oxygen atoms in total. The van der Waals surface area contributed by atoms with Gasteiger partial charge in [-0.15, -0.1) is 0 Å². The highest BCUT2D eigenvalue weighted by atomic mass is 32.1. The van der Waals surface area contributed by atoms with E-state index < -0.39 is 17.4 Å².